The highest BCUT2D eigenvalue weighted by Gasteiger charge is 2.30. The molecule has 1 heterocycles. The second kappa shape index (κ2) is 7.68. The van der Waals surface area contributed by atoms with Crippen LogP contribution in [0.15, 0.2) is 18.2 Å². The number of amides is 2. The lowest BCUT2D eigenvalue weighted by molar-refractivity contribution is -0.137. The molecule has 6 nitrogen and oxygen atoms in total. The molecule has 25 heavy (non-hydrogen) atoms. The van der Waals surface area contributed by atoms with Crippen molar-refractivity contribution in [3.63, 3.8) is 0 Å². The Balaban J connectivity index is 2.02. The van der Waals surface area contributed by atoms with E-state index in [1.165, 1.54) is 12.1 Å². The van der Waals surface area contributed by atoms with Crippen molar-refractivity contribution in [2.24, 2.45) is 5.92 Å². The average molecular weight is 346 g/mol. The van der Waals surface area contributed by atoms with Crippen molar-refractivity contribution in [2.75, 3.05) is 20.1 Å². The number of benzene rings is 1. The van der Waals surface area contributed by atoms with Crippen LogP contribution < -0.4 is 0 Å². The third kappa shape index (κ3) is 4.18. The van der Waals surface area contributed by atoms with Crippen LogP contribution in [0.4, 0.5) is 0 Å². The van der Waals surface area contributed by atoms with Crippen LogP contribution in [0.2, 0.25) is 0 Å². The smallest absolute Gasteiger partial charge is 0.335 e. The standard InChI is InChI=1S/C19H26N2O4/c1-12(2)20(4)17(22)14-7-9-21(10-8-14)18(23)16-6-5-15(19(24)25)11-13(16)3/h5-6,11-12,14H,7-10H2,1-4H3,(H,24,25). The van der Waals surface area contributed by atoms with Crippen LogP contribution in [0, 0.1) is 12.8 Å². The van der Waals surface area contributed by atoms with E-state index in [1.54, 1.807) is 22.8 Å². The van der Waals surface area contributed by atoms with E-state index in [-0.39, 0.29) is 29.3 Å². The van der Waals surface area contributed by atoms with Crippen LogP contribution in [0.3, 0.4) is 0 Å². The topological polar surface area (TPSA) is 77.9 Å². The summed E-state index contributed by atoms with van der Waals surface area (Å²) in [6, 6.07) is 4.72. The van der Waals surface area contributed by atoms with Crippen LogP contribution >= 0.6 is 0 Å². The number of aromatic carboxylic acids is 1. The summed E-state index contributed by atoms with van der Waals surface area (Å²) in [6.07, 6.45) is 1.32. The zero-order valence-electron chi connectivity index (χ0n) is 15.3. The van der Waals surface area contributed by atoms with Crippen LogP contribution in [0.5, 0.6) is 0 Å². The summed E-state index contributed by atoms with van der Waals surface area (Å²) in [4.78, 5) is 39.6. The van der Waals surface area contributed by atoms with Crippen LogP contribution in [0.1, 0.15) is 53.0 Å². The molecule has 0 bridgehead atoms. The first-order chi connectivity index (χ1) is 11.7. The second-order valence-electron chi connectivity index (χ2n) is 6.94. The van der Waals surface area contributed by atoms with Gasteiger partial charge in [0.05, 0.1) is 5.56 Å². The Kier molecular flexibility index (Phi) is 5.82. The number of carboxylic acids is 1. The van der Waals surface area contributed by atoms with Crippen molar-refractivity contribution in [3.05, 3.63) is 34.9 Å². The number of piperidine rings is 1. The minimum atomic E-state index is -1.00. The quantitative estimate of drug-likeness (QED) is 0.908. The molecule has 1 aromatic carbocycles. The Morgan fingerprint density at radius 2 is 1.80 bits per heavy atom. The molecule has 0 aromatic heterocycles. The Morgan fingerprint density at radius 3 is 2.28 bits per heavy atom. The fourth-order valence-corrected chi connectivity index (χ4v) is 3.08. The van der Waals surface area contributed by atoms with Gasteiger partial charge in [-0.1, -0.05) is 0 Å². The van der Waals surface area contributed by atoms with Crippen molar-refractivity contribution >= 4 is 17.8 Å². The number of carbonyl (C=O) groups excluding carboxylic acids is 2. The minimum Gasteiger partial charge on any atom is -0.478 e. The zero-order valence-corrected chi connectivity index (χ0v) is 15.3. The number of hydrogen-bond donors (Lipinski definition) is 1. The molecule has 136 valence electrons. The van der Waals surface area contributed by atoms with Gasteiger partial charge in [-0.15, -0.1) is 0 Å². The maximum Gasteiger partial charge on any atom is 0.335 e. The molecule has 2 amide bonds. The monoisotopic (exact) mass is 346 g/mol. The molecule has 0 spiro atoms. The third-order valence-corrected chi connectivity index (χ3v) is 4.96. The summed E-state index contributed by atoms with van der Waals surface area (Å²) in [5.74, 6) is -0.996. The number of nitrogens with zero attached hydrogens (tertiary/aromatic N) is 2. The van der Waals surface area contributed by atoms with Gasteiger partial charge in [0.1, 0.15) is 0 Å². The Labute approximate surface area is 148 Å². The van der Waals surface area contributed by atoms with Gasteiger partial charge in [0.25, 0.3) is 5.91 Å². The first-order valence-corrected chi connectivity index (χ1v) is 8.62. The Bertz CT molecular complexity index is 676. The molecule has 1 aliphatic heterocycles. The lowest BCUT2D eigenvalue weighted by atomic mass is 9.94. The number of carboxylic acid groups (broad SMARTS) is 1. The van der Waals surface area contributed by atoms with Crippen LogP contribution in [-0.2, 0) is 4.79 Å². The summed E-state index contributed by atoms with van der Waals surface area (Å²) in [5.41, 5.74) is 1.35. The molecule has 6 heteroatoms. The van der Waals surface area contributed by atoms with E-state index >= 15 is 0 Å². The summed E-state index contributed by atoms with van der Waals surface area (Å²) in [6.45, 7) is 6.80. The predicted molar refractivity (Wildman–Crippen MR) is 94.7 cm³/mol. The highest BCUT2D eigenvalue weighted by atomic mass is 16.4. The summed E-state index contributed by atoms with van der Waals surface area (Å²) in [5, 5.41) is 9.02. The molecule has 0 saturated carbocycles. The SMILES string of the molecule is Cc1cc(C(=O)O)ccc1C(=O)N1CCC(C(=O)N(C)C(C)C)CC1. The molecular weight excluding hydrogens is 320 g/mol. The maximum atomic E-state index is 12.7. The number of likely N-dealkylation sites (tertiary alicyclic amines) is 1. The highest BCUT2D eigenvalue weighted by molar-refractivity contribution is 5.97. The molecule has 0 atom stereocenters. The molecule has 0 radical (unpaired) electrons. The second-order valence-corrected chi connectivity index (χ2v) is 6.94. The van der Waals surface area contributed by atoms with Crippen molar-refractivity contribution in [3.8, 4) is 0 Å². The highest BCUT2D eigenvalue weighted by Crippen LogP contribution is 2.23. The van der Waals surface area contributed by atoms with Gasteiger partial charge in [0.2, 0.25) is 5.91 Å². The summed E-state index contributed by atoms with van der Waals surface area (Å²) in [7, 11) is 1.82. The number of carbonyl (C=O) groups is 3. The minimum absolute atomic E-state index is 0.0352. The number of aryl methyl sites for hydroxylation is 1. The molecular formula is C19H26N2O4. The molecule has 2 rings (SSSR count). The van der Waals surface area contributed by atoms with E-state index < -0.39 is 5.97 Å². The fraction of sp³-hybridized carbons (Fsp3) is 0.526. The molecule has 1 aliphatic rings. The van der Waals surface area contributed by atoms with E-state index in [1.807, 2.05) is 20.9 Å². The summed E-state index contributed by atoms with van der Waals surface area (Å²) >= 11 is 0. The van der Waals surface area contributed by atoms with Gasteiger partial charge in [-0.3, -0.25) is 9.59 Å². The van der Waals surface area contributed by atoms with Crippen LogP contribution in [0.25, 0.3) is 0 Å². The average Bonchev–Trinajstić information content (AvgIpc) is 2.59. The fourth-order valence-electron chi connectivity index (χ4n) is 3.08. The van der Waals surface area contributed by atoms with E-state index in [0.29, 0.717) is 37.1 Å². The number of rotatable bonds is 4. The van der Waals surface area contributed by atoms with E-state index in [2.05, 4.69) is 0 Å². The first kappa shape index (κ1) is 19.0. The molecule has 0 unspecified atom stereocenters. The van der Waals surface area contributed by atoms with Crippen molar-refractivity contribution in [1.82, 2.24) is 9.80 Å². The van der Waals surface area contributed by atoms with Gasteiger partial charge in [0, 0.05) is 37.7 Å². The van der Waals surface area contributed by atoms with Crippen LogP contribution in [-0.4, -0.2) is 58.9 Å². The Morgan fingerprint density at radius 1 is 1.20 bits per heavy atom. The van der Waals surface area contributed by atoms with Crippen molar-refractivity contribution in [1.29, 1.82) is 0 Å². The number of hydrogen-bond acceptors (Lipinski definition) is 3. The molecule has 1 saturated heterocycles. The lowest BCUT2D eigenvalue weighted by Crippen LogP contribution is -2.45. The van der Waals surface area contributed by atoms with E-state index in [4.69, 9.17) is 5.11 Å². The van der Waals surface area contributed by atoms with E-state index in [9.17, 15) is 14.4 Å². The lowest BCUT2D eigenvalue weighted by Gasteiger charge is -2.34. The largest absolute Gasteiger partial charge is 0.478 e. The maximum absolute atomic E-state index is 12.7. The van der Waals surface area contributed by atoms with Gasteiger partial charge >= 0.3 is 5.97 Å². The molecule has 1 N–H and O–H groups in total. The zero-order chi connectivity index (χ0) is 18.7. The van der Waals surface area contributed by atoms with Gasteiger partial charge in [-0.2, -0.15) is 0 Å². The van der Waals surface area contributed by atoms with E-state index in [0.717, 1.165) is 0 Å². The Hall–Kier alpha value is -2.37. The van der Waals surface area contributed by atoms with Gasteiger partial charge < -0.3 is 14.9 Å². The summed E-state index contributed by atoms with van der Waals surface area (Å²) < 4.78 is 0. The van der Waals surface area contributed by atoms with Crippen molar-refractivity contribution < 1.29 is 19.5 Å². The van der Waals surface area contributed by atoms with Gasteiger partial charge in [-0.25, -0.2) is 4.79 Å². The van der Waals surface area contributed by atoms with Crippen molar-refractivity contribution in [2.45, 2.75) is 39.7 Å². The molecule has 1 fully saturated rings. The van der Waals surface area contributed by atoms with Gasteiger partial charge in [-0.05, 0) is 57.4 Å². The molecule has 0 aliphatic carbocycles. The molecule has 1 aromatic rings. The first-order valence-electron chi connectivity index (χ1n) is 8.62. The normalized spacial score (nSPS) is 15.3. The third-order valence-electron chi connectivity index (χ3n) is 4.96. The predicted octanol–water partition coefficient (Wildman–Crippen LogP) is 2.41. The van der Waals surface area contributed by atoms with Gasteiger partial charge in [0.15, 0.2) is 0 Å².